The third-order valence-electron chi connectivity index (χ3n) is 4.88. The predicted octanol–water partition coefficient (Wildman–Crippen LogP) is 3.30. The number of fused-ring (bicyclic) bond motifs is 1. The quantitative estimate of drug-likeness (QED) is 0.728. The van der Waals surface area contributed by atoms with Crippen LogP contribution >= 0.6 is 0 Å². The van der Waals surface area contributed by atoms with Crippen LogP contribution < -0.4 is 15.6 Å². The molecular formula is C21H21N3O3. The van der Waals surface area contributed by atoms with E-state index in [4.69, 9.17) is 4.74 Å². The molecule has 1 saturated carbocycles. The van der Waals surface area contributed by atoms with E-state index in [0.29, 0.717) is 5.82 Å². The lowest BCUT2D eigenvalue weighted by atomic mass is 10.0. The van der Waals surface area contributed by atoms with Crippen molar-refractivity contribution in [3.05, 3.63) is 69.9 Å². The summed E-state index contributed by atoms with van der Waals surface area (Å²) in [5.41, 5.74) is 0.857. The van der Waals surface area contributed by atoms with Crippen molar-refractivity contribution in [3.63, 3.8) is 0 Å². The Morgan fingerprint density at radius 3 is 2.67 bits per heavy atom. The molecule has 0 saturated heterocycles. The van der Waals surface area contributed by atoms with Gasteiger partial charge in [-0.1, -0.05) is 18.2 Å². The molecule has 1 aliphatic carbocycles. The summed E-state index contributed by atoms with van der Waals surface area (Å²) >= 11 is 0. The number of aromatic nitrogens is 2. The molecule has 27 heavy (non-hydrogen) atoms. The van der Waals surface area contributed by atoms with Gasteiger partial charge in [0.2, 0.25) is 0 Å². The van der Waals surface area contributed by atoms with Gasteiger partial charge < -0.3 is 15.0 Å². The Morgan fingerprint density at radius 1 is 1.19 bits per heavy atom. The third kappa shape index (κ3) is 3.69. The molecule has 2 aromatic carbocycles. The lowest BCUT2D eigenvalue weighted by molar-refractivity contribution is 0.0934. The van der Waals surface area contributed by atoms with Gasteiger partial charge in [0, 0.05) is 12.0 Å². The van der Waals surface area contributed by atoms with Gasteiger partial charge in [-0.3, -0.25) is 9.59 Å². The molecule has 1 amide bonds. The van der Waals surface area contributed by atoms with Crippen molar-refractivity contribution in [2.75, 3.05) is 7.11 Å². The van der Waals surface area contributed by atoms with Crippen molar-refractivity contribution in [1.29, 1.82) is 0 Å². The minimum Gasteiger partial charge on any atom is -0.497 e. The second kappa shape index (κ2) is 6.87. The number of nitrogens with zero attached hydrogens (tertiary/aromatic N) is 1. The maximum Gasteiger partial charge on any atom is 0.270 e. The average molecular weight is 363 g/mol. The zero-order chi connectivity index (χ0) is 19.0. The highest BCUT2D eigenvalue weighted by Gasteiger charge is 2.27. The van der Waals surface area contributed by atoms with Crippen LogP contribution in [0.3, 0.4) is 0 Å². The molecule has 1 atom stereocenters. The lowest BCUT2D eigenvalue weighted by Crippen LogP contribution is -2.29. The monoisotopic (exact) mass is 363 g/mol. The van der Waals surface area contributed by atoms with Crippen LogP contribution in [0.2, 0.25) is 0 Å². The molecule has 1 fully saturated rings. The number of H-pyrrole nitrogens is 1. The number of rotatable bonds is 5. The Bertz CT molecular complexity index is 1070. The summed E-state index contributed by atoms with van der Waals surface area (Å²) in [6, 6.07) is 12.9. The number of carbonyl (C=O) groups excluding carboxylic acids is 1. The molecule has 138 valence electrons. The van der Waals surface area contributed by atoms with Gasteiger partial charge in [-0.25, -0.2) is 4.98 Å². The van der Waals surface area contributed by atoms with Crippen LogP contribution in [0.5, 0.6) is 5.75 Å². The fourth-order valence-electron chi connectivity index (χ4n) is 3.14. The highest BCUT2D eigenvalue weighted by molar-refractivity contribution is 5.92. The highest BCUT2D eigenvalue weighted by atomic mass is 16.5. The topological polar surface area (TPSA) is 84.1 Å². The summed E-state index contributed by atoms with van der Waals surface area (Å²) in [6.07, 6.45) is 2.01. The van der Waals surface area contributed by atoms with Gasteiger partial charge in [0.15, 0.2) is 0 Å². The van der Waals surface area contributed by atoms with Crippen LogP contribution in [-0.4, -0.2) is 23.0 Å². The second-order valence-corrected chi connectivity index (χ2v) is 6.96. The molecular weight excluding hydrogens is 342 g/mol. The van der Waals surface area contributed by atoms with E-state index in [9.17, 15) is 9.59 Å². The first-order valence-corrected chi connectivity index (χ1v) is 9.03. The number of hydrogen-bond donors (Lipinski definition) is 2. The predicted molar refractivity (Wildman–Crippen MR) is 103 cm³/mol. The first kappa shape index (κ1) is 17.3. The second-order valence-electron chi connectivity index (χ2n) is 6.96. The number of aromatic amines is 1. The minimum atomic E-state index is -0.342. The first-order chi connectivity index (χ1) is 13.0. The summed E-state index contributed by atoms with van der Waals surface area (Å²) in [5.74, 6) is 1.36. The Hall–Kier alpha value is -3.15. The molecule has 4 rings (SSSR count). The number of ether oxygens (including phenoxy) is 1. The maximum atomic E-state index is 12.6. The Morgan fingerprint density at radius 2 is 1.93 bits per heavy atom. The Kier molecular flexibility index (Phi) is 4.39. The van der Waals surface area contributed by atoms with E-state index in [1.54, 1.807) is 7.11 Å². The van der Waals surface area contributed by atoms with E-state index in [1.807, 2.05) is 43.3 Å². The van der Waals surface area contributed by atoms with Gasteiger partial charge >= 0.3 is 0 Å². The molecule has 2 N–H and O–H groups in total. The Balaban J connectivity index is 1.54. The van der Waals surface area contributed by atoms with Crippen LogP contribution in [-0.2, 0) is 0 Å². The molecule has 1 aliphatic rings. The van der Waals surface area contributed by atoms with Gasteiger partial charge in [0.25, 0.3) is 11.5 Å². The molecule has 0 radical (unpaired) electrons. The van der Waals surface area contributed by atoms with Crippen molar-refractivity contribution < 1.29 is 9.53 Å². The van der Waals surface area contributed by atoms with Gasteiger partial charge in [-0.2, -0.15) is 0 Å². The third-order valence-corrected chi connectivity index (χ3v) is 4.88. The molecule has 0 aliphatic heterocycles. The van der Waals surface area contributed by atoms with Gasteiger partial charge in [0.1, 0.15) is 17.3 Å². The van der Waals surface area contributed by atoms with E-state index in [2.05, 4.69) is 15.3 Å². The molecule has 6 heteroatoms. The number of benzene rings is 2. The van der Waals surface area contributed by atoms with E-state index in [1.165, 1.54) is 6.07 Å². The van der Waals surface area contributed by atoms with Crippen molar-refractivity contribution >= 4 is 16.7 Å². The zero-order valence-electron chi connectivity index (χ0n) is 15.3. The maximum absolute atomic E-state index is 12.6. The number of amides is 1. The van der Waals surface area contributed by atoms with Crippen molar-refractivity contribution in [2.24, 2.45) is 0 Å². The van der Waals surface area contributed by atoms with Gasteiger partial charge in [-0.05, 0) is 54.3 Å². The number of carbonyl (C=O) groups is 1. The van der Waals surface area contributed by atoms with Crippen LogP contribution in [0.1, 0.15) is 53.6 Å². The minimum absolute atomic E-state index is 0.165. The SMILES string of the molecule is COc1ccc2cc(C(C)NC(=O)c3cc(=O)[nH]c(C4CC4)n3)ccc2c1. The van der Waals surface area contributed by atoms with Gasteiger partial charge in [0.05, 0.1) is 13.2 Å². The smallest absolute Gasteiger partial charge is 0.270 e. The number of hydrogen-bond acceptors (Lipinski definition) is 4. The van der Waals surface area contributed by atoms with E-state index in [-0.39, 0.29) is 29.1 Å². The number of nitrogens with one attached hydrogen (secondary N) is 2. The van der Waals surface area contributed by atoms with Crippen LogP contribution in [0.25, 0.3) is 10.8 Å². The van der Waals surface area contributed by atoms with Crippen molar-refractivity contribution in [3.8, 4) is 5.75 Å². The average Bonchev–Trinajstić information content (AvgIpc) is 3.51. The molecule has 1 heterocycles. The Labute approximate surface area is 156 Å². The molecule has 0 spiro atoms. The van der Waals surface area contributed by atoms with E-state index >= 15 is 0 Å². The highest BCUT2D eigenvalue weighted by Crippen LogP contribution is 2.37. The largest absolute Gasteiger partial charge is 0.497 e. The van der Waals surface area contributed by atoms with E-state index in [0.717, 1.165) is 34.9 Å². The molecule has 3 aromatic rings. The summed E-state index contributed by atoms with van der Waals surface area (Å²) in [6.45, 7) is 1.91. The summed E-state index contributed by atoms with van der Waals surface area (Å²) in [7, 11) is 1.64. The normalized spacial score (nSPS) is 14.7. The molecule has 1 aromatic heterocycles. The summed E-state index contributed by atoms with van der Waals surface area (Å²) in [5, 5.41) is 5.08. The fraction of sp³-hybridized carbons (Fsp3) is 0.286. The van der Waals surface area contributed by atoms with E-state index < -0.39 is 0 Å². The molecule has 6 nitrogen and oxygen atoms in total. The standard InChI is InChI=1S/C21H21N3O3/c1-12(14-5-6-16-10-17(27-2)8-7-15(16)9-14)22-21(26)18-11-19(25)24-20(23-18)13-3-4-13/h5-13H,3-4H2,1-2H3,(H,22,26)(H,23,24,25). The summed E-state index contributed by atoms with van der Waals surface area (Å²) in [4.78, 5) is 31.4. The fourth-order valence-corrected chi connectivity index (χ4v) is 3.14. The van der Waals surface area contributed by atoms with Crippen molar-refractivity contribution in [1.82, 2.24) is 15.3 Å². The van der Waals surface area contributed by atoms with Crippen LogP contribution in [0.15, 0.2) is 47.3 Å². The van der Waals surface area contributed by atoms with Gasteiger partial charge in [-0.15, -0.1) is 0 Å². The van der Waals surface area contributed by atoms with Crippen LogP contribution in [0, 0.1) is 0 Å². The molecule has 0 bridgehead atoms. The first-order valence-electron chi connectivity index (χ1n) is 9.03. The van der Waals surface area contributed by atoms with Crippen molar-refractivity contribution in [2.45, 2.75) is 31.7 Å². The lowest BCUT2D eigenvalue weighted by Gasteiger charge is -2.15. The molecule has 1 unspecified atom stereocenters. The van der Waals surface area contributed by atoms with Crippen LogP contribution in [0.4, 0.5) is 0 Å². The zero-order valence-corrected chi connectivity index (χ0v) is 15.3. The summed E-state index contributed by atoms with van der Waals surface area (Å²) < 4.78 is 5.25. The number of methoxy groups -OCH3 is 1.